The van der Waals surface area contributed by atoms with Gasteiger partial charge in [-0.1, -0.05) is 42.1 Å². The summed E-state index contributed by atoms with van der Waals surface area (Å²) in [6.07, 6.45) is 5.17. The standard InChI is InChI=1S/C16H16N4OS/c1-19-10-13(8-18-19)15(21)11-22-16-17-9-14(20(16)2)12-6-4-3-5-7-12/h3-10H,11H2,1-2H3. The van der Waals surface area contributed by atoms with Crippen LogP contribution in [-0.4, -0.2) is 30.9 Å². The van der Waals surface area contributed by atoms with Crippen molar-refractivity contribution in [3.05, 3.63) is 54.5 Å². The molecule has 6 heteroatoms. The van der Waals surface area contributed by atoms with E-state index in [0.29, 0.717) is 11.3 Å². The van der Waals surface area contributed by atoms with Crippen molar-refractivity contribution in [3.8, 4) is 11.3 Å². The molecular weight excluding hydrogens is 296 g/mol. The van der Waals surface area contributed by atoms with Gasteiger partial charge in [0.1, 0.15) is 0 Å². The predicted octanol–water partition coefficient (Wildman–Crippen LogP) is 2.80. The maximum Gasteiger partial charge on any atom is 0.176 e. The molecule has 22 heavy (non-hydrogen) atoms. The fourth-order valence-corrected chi connectivity index (χ4v) is 3.03. The quantitative estimate of drug-likeness (QED) is 0.537. The smallest absolute Gasteiger partial charge is 0.176 e. The minimum atomic E-state index is 0.0577. The van der Waals surface area contributed by atoms with Gasteiger partial charge in [-0.15, -0.1) is 0 Å². The van der Waals surface area contributed by atoms with Crippen LogP contribution in [0.5, 0.6) is 0 Å². The van der Waals surface area contributed by atoms with Crippen molar-refractivity contribution in [1.29, 1.82) is 0 Å². The number of hydrogen-bond donors (Lipinski definition) is 0. The van der Waals surface area contributed by atoms with Gasteiger partial charge in [0.25, 0.3) is 0 Å². The number of hydrogen-bond acceptors (Lipinski definition) is 4. The molecule has 3 aromatic rings. The predicted molar refractivity (Wildman–Crippen MR) is 86.9 cm³/mol. The minimum Gasteiger partial charge on any atom is -0.322 e. The molecule has 0 unspecified atom stereocenters. The van der Waals surface area contributed by atoms with Crippen LogP contribution >= 0.6 is 11.8 Å². The zero-order chi connectivity index (χ0) is 15.5. The Bertz CT molecular complexity index is 792. The Morgan fingerprint density at radius 2 is 1.95 bits per heavy atom. The molecule has 0 radical (unpaired) electrons. The Morgan fingerprint density at radius 1 is 1.18 bits per heavy atom. The molecular formula is C16H16N4OS. The lowest BCUT2D eigenvalue weighted by Gasteiger charge is -2.05. The minimum absolute atomic E-state index is 0.0577. The van der Waals surface area contributed by atoms with Gasteiger partial charge in [-0.25, -0.2) is 4.98 Å². The average molecular weight is 312 g/mol. The van der Waals surface area contributed by atoms with Crippen LogP contribution in [0, 0.1) is 0 Å². The Morgan fingerprint density at radius 3 is 2.64 bits per heavy atom. The Labute approximate surface area is 133 Å². The molecule has 2 aromatic heterocycles. The van der Waals surface area contributed by atoms with Crippen LogP contribution in [0.15, 0.2) is 54.1 Å². The van der Waals surface area contributed by atoms with Crippen molar-refractivity contribution in [2.75, 3.05) is 5.75 Å². The molecule has 0 saturated carbocycles. The van der Waals surface area contributed by atoms with E-state index in [1.165, 1.54) is 11.8 Å². The number of imidazole rings is 1. The second-order valence-electron chi connectivity index (χ2n) is 4.97. The molecule has 1 aromatic carbocycles. The normalized spacial score (nSPS) is 10.8. The molecule has 0 aliphatic rings. The van der Waals surface area contributed by atoms with Crippen LogP contribution in [0.1, 0.15) is 10.4 Å². The molecule has 3 rings (SSSR count). The summed E-state index contributed by atoms with van der Waals surface area (Å²) < 4.78 is 3.64. The fourth-order valence-electron chi connectivity index (χ4n) is 2.18. The van der Waals surface area contributed by atoms with Crippen molar-refractivity contribution in [2.24, 2.45) is 14.1 Å². The molecule has 0 saturated heterocycles. The Hall–Kier alpha value is -2.34. The van der Waals surface area contributed by atoms with E-state index >= 15 is 0 Å². The van der Waals surface area contributed by atoms with Gasteiger partial charge in [-0.2, -0.15) is 5.10 Å². The second-order valence-corrected chi connectivity index (χ2v) is 5.91. The number of nitrogens with zero attached hydrogens (tertiary/aromatic N) is 4. The highest BCUT2D eigenvalue weighted by Crippen LogP contribution is 2.25. The summed E-state index contributed by atoms with van der Waals surface area (Å²) in [6.45, 7) is 0. The fraction of sp³-hybridized carbons (Fsp3) is 0.188. The summed E-state index contributed by atoms with van der Waals surface area (Å²) >= 11 is 1.44. The average Bonchev–Trinajstić information content (AvgIpc) is 3.12. The first-order valence-electron chi connectivity index (χ1n) is 6.87. The van der Waals surface area contributed by atoms with Gasteiger partial charge in [0, 0.05) is 20.3 Å². The van der Waals surface area contributed by atoms with Gasteiger partial charge < -0.3 is 4.57 Å². The van der Waals surface area contributed by atoms with Crippen molar-refractivity contribution in [3.63, 3.8) is 0 Å². The Balaban J connectivity index is 1.72. The zero-order valence-electron chi connectivity index (χ0n) is 12.4. The number of Topliss-reactive ketones (excluding diaryl/α,β-unsaturated/α-hetero) is 1. The number of carbonyl (C=O) groups is 1. The van der Waals surface area contributed by atoms with Gasteiger partial charge in [0.05, 0.1) is 29.4 Å². The van der Waals surface area contributed by atoms with E-state index < -0.39 is 0 Å². The van der Waals surface area contributed by atoms with Gasteiger partial charge in [-0.05, 0) is 5.56 Å². The summed E-state index contributed by atoms with van der Waals surface area (Å²) in [5.74, 6) is 0.410. The van der Waals surface area contributed by atoms with Crippen molar-refractivity contribution < 1.29 is 4.79 Å². The number of ketones is 1. The highest BCUT2D eigenvalue weighted by atomic mass is 32.2. The molecule has 0 spiro atoms. The first kappa shape index (κ1) is 14.6. The molecule has 112 valence electrons. The van der Waals surface area contributed by atoms with E-state index in [0.717, 1.165) is 16.4 Å². The maximum atomic E-state index is 12.1. The van der Waals surface area contributed by atoms with Crippen LogP contribution in [0.4, 0.5) is 0 Å². The van der Waals surface area contributed by atoms with Crippen molar-refractivity contribution in [1.82, 2.24) is 19.3 Å². The molecule has 0 N–H and O–H groups in total. The van der Waals surface area contributed by atoms with Crippen LogP contribution < -0.4 is 0 Å². The molecule has 0 atom stereocenters. The summed E-state index contributed by atoms with van der Waals surface area (Å²) in [5.41, 5.74) is 2.78. The van der Waals surface area contributed by atoms with Gasteiger partial charge in [0.2, 0.25) is 0 Å². The van der Waals surface area contributed by atoms with E-state index in [9.17, 15) is 4.79 Å². The first-order chi connectivity index (χ1) is 10.6. The molecule has 0 fully saturated rings. The second kappa shape index (κ2) is 6.19. The third-order valence-corrected chi connectivity index (χ3v) is 4.42. The summed E-state index contributed by atoms with van der Waals surface area (Å²) in [5, 5.41) is 4.85. The summed E-state index contributed by atoms with van der Waals surface area (Å²) in [7, 11) is 3.76. The number of benzene rings is 1. The number of rotatable bonds is 5. The van der Waals surface area contributed by atoms with Gasteiger partial charge >= 0.3 is 0 Å². The van der Waals surface area contributed by atoms with E-state index in [1.807, 2.05) is 48.1 Å². The molecule has 0 bridgehead atoms. The highest BCUT2D eigenvalue weighted by Gasteiger charge is 2.13. The van der Waals surface area contributed by atoms with Crippen LogP contribution in [0.2, 0.25) is 0 Å². The topological polar surface area (TPSA) is 52.7 Å². The van der Waals surface area contributed by atoms with Crippen LogP contribution in [0.3, 0.4) is 0 Å². The lowest BCUT2D eigenvalue weighted by atomic mass is 10.2. The highest BCUT2D eigenvalue weighted by molar-refractivity contribution is 7.99. The van der Waals surface area contributed by atoms with E-state index in [1.54, 1.807) is 24.1 Å². The van der Waals surface area contributed by atoms with E-state index in [4.69, 9.17) is 0 Å². The number of carbonyl (C=O) groups excluding carboxylic acids is 1. The Kier molecular flexibility index (Phi) is 4.11. The monoisotopic (exact) mass is 312 g/mol. The number of aromatic nitrogens is 4. The molecule has 0 aliphatic carbocycles. The third kappa shape index (κ3) is 2.96. The summed E-state index contributed by atoms with van der Waals surface area (Å²) in [4.78, 5) is 16.5. The van der Waals surface area contributed by atoms with Gasteiger partial charge in [-0.3, -0.25) is 9.48 Å². The maximum absolute atomic E-state index is 12.1. The first-order valence-corrected chi connectivity index (χ1v) is 7.85. The van der Waals surface area contributed by atoms with Gasteiger partial charge in [0.15, 0.2) is 10.9 Å². The lowest BCUT2D eigenvalue weighted by Crippen LogP contribution is -2.03. The van der Waals surface area contributed by atoms with Crippen molar-refractivity contribution in [2.45, 2.75) is 5.16 Å². The summed E-state index contributed by atoms with van der Waals surface area (Å²) in [6, 6.07) is 10.1. The lowest BCUT2D eigenvalue weighted by molar-refractivity contribution is 0.102. The van der Waals surface area contributed by atoms with Crippen LogP contribution in [-0.2, 0) is 14.1 Å². The zero-order valence-corrected chi connectivity index (χ0v) is 13.2. The van der Waals surface area contributed by atoms with E-state index in [-0.39, 0.29) is 5.78 Å². The molecule has 0 amide bonds. The third-order valence-electron chi connectivity index (χ3n) is 3.37. The largest absolute Gasteiger partial charge is 0.322 e. The van der Waals surface area contributed by atoms with E-state index in [2.05, 4.69) is 10.1 Å². The SMILES string of the molecule is Cn1cc(C(=O)CSc2ncc(-c3ccccc3)n2C)cn1. The molecule has 5 nitrogen and oxygen atoms in total. The number of aryl methyl sites for hydroxylation is 1. The van der Waals surface area contributed by atoms with Crippen LogP contribution in [0.25, 0.3) is 11.3 Å². The number of thioether (sulfide) groups is 1. The van der Waals surface area contributed by atoms with Crippen molar-refractivity contribution >= 4 is 17.5 Å². The molecule has 0 aliphatic heterocycles. The molecule has 2 heterocycles.